The summed E-state index contributed by atoms with van der Waals surface area (Å²) in [5.41, 5.74) is 9.16. The number of hydrogen-bond acceptors (Lipinski definition) is 3. The van der Waals surface area contributed by atoms with E-state index in [-0.39, 0.29) is 6.04 Å². The van der Waals surface area contributed by atoms with Crippen LogP contribution in [0.15, 0.2) is 60.7 Å². The predicted octanol–water partition coefficient (Wildman–Crippen LogP) is 3.68. The van der Waals surface area contributed by atoms with Gasteiger partial charge >= 0.3 is 0 Å². The van der Waals surface area contributed by atoms with E-state index in [2.05, 4.69) is 11.1 Å². The Balaban J connectivity index is 2.02. The molecule has 1 atom stereocenters. The van der Waals surface area contributed by atoms with Gasteiger partial charge in [0.2, 0.25) is 0 Å². The van der Waals surface area contributed by atoms with Crippen molar-refractivity contribution in [2.45, 2.75) is 13.0 Å². The highest BCUT2D eigenvalue weighted by Gasteiger charge is 2.15. The number of nitrogens with zero attached hydrogens (tertiary/aromatic N) is 1. The van der Waals surface area contributed by atoms with E-state index in [1.165, 1.54) is 0 Å². The van der Waals surface area contributed by atoms with Gasteiger partial charge in [-0.25, -0.2) is 0 Å². The number of fused-ring (bicyclic) bond motifs is 1. The molecule has 3 rings (SSSR count). The summed E-state index contributed by atoms with van der Waals surface area (Å²) in [6, 6.07) is 19.6. The highest BCUT2D eigenvalue weighted by Crippen LogP contribution is 2.28. The summed E-state index contributed by atoms with van der Waals surface area (Å²) >= 11 is 0. The Labute approximate surface area is 124 Å². The fourth-order valence-corrected chi connectivity index (χ4v) is 2.44. The van der Waals surface area contributed by atoms with Crippen LogP contribution >= 0.6 is 0 Å². The lowest BCUT2D eigenvalue weighted by Gasteiger charge is -2.16. The van der Waals surface area contributed by atoms with Gasteiger partial charge in [-0.1, -0.05) is 42.5 Å². The van der Waals surface area contributed by atoms with Crippen LogP contribution in [0.5, 0.6) is 5.75 Å². The van der Waals surface area contributed by atoms with Crippen LogP contribution in [0, 0.1) is 0 Å². The number of para-hydroxylation sites is 2. The maximum absolute atomic E-state index is 6.40. The van der Waals surface area contributed by atoms with E-state index in [0.29, 0.717) is 6.61 Å². The molecule has 1 heterocycles. The van der Waals surface area contributed by atoms with Crippen LogP contribution in [0.25, 0.3) is 10.9 Å². The summed E-state index contributed by atoms with van der Waals surface area (Å²) in [6.07, 6.45) is 0. The minimum atomic E-state index is -0.294. The van der Waals surface area contributed by atoms with Crippen molar-refractivity contribution in [1.82, 2.24) is 4.98 Å². The molecule has 0 bridgehead atoms. The van der Waals surface area contributed by atoms with Crippen molar-refractivity contribution in [2.24, 2.45) is 5.73 Å². The molecule has 0 aliphatic carbocycles. The molecule has 3 nitrogen and oxygen atoms in total. The molecular formula is C18H18N2O. The predicted molar refractivity (Wildman–Crippen MR) is 85.4 cm³/mol. The minimum absolute atomic E-state index is 0.294. The molecule has 0 aliphatic rings. The molecule has 1 aromatic heterocycles. The summed E-state index contributed by atoms with van der Waals surface area (Å²) in [5, 5.41) is 1.12. The second-order valence-electron chi connectivity index (χ2n) is 4.88. The lowest BCUT2D eigenvalue weighted by molar-refractivity contribution is 0.335. The summed E-state index contributed by atoms with van der Waals surface area (Å²) in [5.74, 6) is 0.822. The summed E-state index contributed by atoms with van der Waals surface area (Å²) in [7, 11) is 0. The average Bonchev–Trinajstić information content (AvgIpc) is 2.54. The van der Waals surface area contributed by atoms with Crippen molar-refractivity contribution in [1.29, 1.82) is 0 Å². The zero-order valence-corrected chi connectivity index (χ0v) is 12.0. The van der Waals surface area contributed by atoms with Gasteiger partial charge in [-0.05, 0) is 25.1 Å². The number of nitrogens with two attached hydrogens (primary N) is 1. The monoisotopic (exact) mass is 278 g/mol. The van der Waals surface area contributed by atoms with Crippen molar-refractivity contribution in [3.8, 4) is 5.75 Å². The van der Waals surface area contributed by atoms with E-state index in [9.17, 15) is 0 Å². The molecule has 0 radical (unpaired) electrons. The van der Waals surface area contributed by atoms with Gasteiger partial charge in [0.15, 0.2) is 0 Å². The second kappa shape index (κ2) is 5.94. The fourth-order valence-electron chi connectivity index (χ4n) is 2.44. The lowest BCUT2D eigenvalue weighted by atomic mass is 10.0. The number of hydrogen-bond donors (Lipinski definition) is 1. The van der Waals surface area contributed by atoms with E-state index in [4.69, 9.17) is 10.5 Å². The molecule has 0 saturated heterocycles. The van der Waals surface area contributed by atoms with Gasteiger partial charge in [0, 0.05) is 10.9 Å². The Hall–Kier alpha value is -2.39. The molecule has 21 heavy (non-hydrogen) atoms. The lowest BCUT2D eigenvalue weighted by Crippen LogP contribution is -2.15. The van der Waals surface area contributed by atoms with Crippen LogP contribution < -0.4 is 10.5 Å². The molecule has 0 saturated carbocycles. The largest absolute Gasteiger partial charge is 0.494 e. The van der Waals surface area contributed by atoms with E-state index >= 15 is 0 Å². The normalized spacial score (nSPS) is 12.3. The molecule has 1 unspecified atom stereocenters. The number of ether oxygens (including phenoxy) is 1. The van der Waals surface area contributed by atoms with Crippen LogP contribution in [0.1, 0.15) is 24.2 Å². The molecule has 106 valence electrons. The standard InChI is InChI=1S/C18H18N2O/c1-2-21-17-10-6-4-8-14(17)18(19)16-12-11-13-7-3-5-9-15(13)20-16/h3-12,18H,2,19H2,1H3. The molecule has 0 fully saturated rings. The molecule has 3 aromatic rings. The number of pyridine rings is 1. The van der Waals surface area contributed by atoms with Crippen LogP contribution in [-0.2, 0) is 0 Å². The molecule has 0 amide bonds. The maximum Gasteiger partial charge on any atom is 0.124 e. The Kier molecular flexibility index (Phi) is 3.84. The van der Waals surface area contributed by atoms with Gasteiger partial charge in [0.1, 0.15) is 5.75 Å². The molecule has 2 N–H and O–H groups in total. The van der Waals surface area contributed by atoms with E-state index < -0.39 is 0 Å². The zero-order chi connectivity index (χ0) is 14.7. The van der Waals surface area contributed by atoms with Crippen LogP contribution in [0.4, 0.5) is 0 Å². The van der Waals surface area contributed by atoms with Gasteiger partial charge < -0.3 is 10.5 Å². The molecule has 2 aromatic carbocycles. The first kappa shape index (κ1) is 13.6. The highest BCUT2D eigenvalue weighted by atomic mass is 16.5. The van der Waals surface area contributed by atoms with Crippen LogP contribution in [0.2, 0.25) is 0 Å². The summed E-state index contributed by atoms with van der Waals surface area (Å²) in [4.78, 5) is 4.67. The molecule has 0 aliphatic heterocycles. The topological polar surface area (TPSA) is 48.1 Å². The molecular weight excluding hydrogens is 260 g/mol. The quantitative estimate of drug-likeness (QED) is 0.792. The van der Waals surface area contributed by atoms with Gasteiger partial charge in [0.25, 0.3) is 0 Å². The highest BCUT2D eigenvalue weighted by molar-refractivity contribution is 5.78. The van der Waals surface area contributed by atoms with Gasteiger partial charge in [-0.2, -0.15) is 0 Å². The fraction of sp³-hybridized carbons (Fsp3) is 0.167. The summed E-state index contributed by atoms with van der Waals surface area (Å²) in [6.45, 7) is 2.59. The van der Waals surface area contributed by atoms with Crippen molar-refractivity contribution in [3.63, 3.8) is 0 Å². The van der Waals surface area contributed by atoms with E-state index in [0.717, 1.165) is 27.9 Å². The van der Waals surface area contributed by atoms with Crippen molar-refractivity contribution in [2.75, 3.05) is 6.61 Å². The first-order chi connectivity index (χ1) is 10.3. The van der Waals surface area contributed by atoms with Crippen molar-refractivity contribution in [3.05, 3.63) is 71.9 Å². The zero-order valence-electron chi connectivity index (χ0n) is 12.0. The van der Waals surface area contributed by atoms with Crippen LogP contribution in [-0.4, -0.2) is 11.6 Å². The molecule has 0 spiro atoms. The minimum Gasteiger partial charge on any atom is -0.494 e. The van der Waals surface area contributed by atoms with Gasteiger partial charge in [-0.3, -0.25) is 4.98 Å². The Morgan fingerprint density at radius 2 is 1.76 bits per heavy atom. The third kappa shape index (κ3) is 2.73. The Morgan fingerprint density at radius 1 is 1.00 bits per heavy atom. The first-order valence-electron chi connectivity index (χ1n) is 7.12. The Morgan fingerprint density at radius 3 is 2.62 bits per heavy atom. The number of aromatic nitrogens is 1. The van der Waals surface area contributed by atoms with Crippen molar-refractivity contribution >= 4 is 10.9 Å². The smallest absolute Gasteiger partial charge is 0.124 e. The van der Waals surface area contributed by atoms with E-state index in [1.54, 1.807) is 0 Å². The third-order valence-corrected chi connectivity index (χ3v) is 3.49. The third-order valence-electron chi connectivity index (χ3n) is 3.49. The second-order valence-corrected chi connectivity index (χ2v) is 4.88. The van der Waals surface area contributed by atoms with Gasteiger partial charge in [0.05, 0.1) is 23.9 Å². The van der Waals surface area contributed by atoms with Crippen LogP contribution in [0.3, 0.4) is 0 Å². The SMILES string of the molecule is CCOc1ccccc1C(N)c1ccc2ccccc2n1. The van der Waals surface area contributed by atoms with Crippen molar-refractivity contribution < 1.29 is 4.74 Å². The average molecular weight is 278 g/mol. The summed E-state index contributed by atoms with van der Waals surface area (Å²) < 4.78 is 5.66. The Bertz CT molecular complexity index is 755. The number of benzene rings is 2. The molecule has 3 heteroatoms. The number of rotatable bonds is 4. The van der Waals surface area contributed by atoms with E-state index in [1.807, 2.05) is 61.5 Å². The first-order valence-corrected chi connectivity index (χ1v) is 7.12. The maximum atomic E-state index is 6.40. The van der Waals surface area contributed by atoms with Gasteiger partial charge in [-0.15, -0.1) is 0 Å².